The molecule has 140 valence electrons. The van der Waals surface area contributed by atoms with E-state index in [9.17, 15) is 13.2 Å². The van der Waals surface area contributed by atoms with Crippen LogP contribution in [-0.4, -0.2) is 35.7 Å². The Morgan fingerprint density at radius 3 is 2.19 bits per heavy atom. The van der Waals surface area contributed by atoms with E-state index in [0.717, 1.165) is 10.0 Å². The number of ether oxygens (including phenoxy) is 3. The summed E-state index contributed by atoms with van der Waals surface area (Å²) >= 11 is 3.33. The van der Waals surface area contributed by atoms with Crippen molar-refractivity contribution in [3.8, 4) is 11.5 Å². The average molecular weight is 444 g/mol. The zero-order chi connectivity index (χ0) is 19.5. The van der Waals surface area contributed by atoms with E-state index in [1.807, 2.05) is 0 Å². The molecule has 0 amide bonds. The van der Waals surface area contributed by atoms with Crippen LogP contribution in [0, 0.1) is 6.92 Å². The molecule has 2 aromatic rings. The maximum atomic E-state index is 12.7. The fourth-order valence-corrected chi connectivity index (χ4v) is 3.63. The van der Waals surface area contributed by atoms with Gasteiger partial charge in [-0.15, -0.1) is 0 Å². The summed E-state index contributed by atoms with van der Waals surface area (Å²) in [4.78, 5) is 12.1. The average Bonchev–Trinajstić information content (AvgIpc) is 2.62. The number of sulfonamides is 1. The van der Waals surface area contributed by atoms with E-state index in [-0.39, 0.29) is 27.6 Å². The van der Waals surface area contributed by atoms with Crippen LogP contribution in [0.3, 0.4) is 0 Å². The highest BCUT2D eigenvalue weighted by atomic mass is 79.9. The van der Waals surface area contributed by atoms with Gasteiger partial charge in [-0.3, -0.25) is 4.72 Å². The third-order valence-corrected chi connectivity index (χ3v) is 5.87. The Kier molecular flexibility index (Phi) is 6.14. The van der Waals surface area contributed by atoms with Gasteiger partial charge in [-0.05, 0) is 30.7 Å². The van der Waals surface area contributed by atoms with Crippen molar-refractivity contribution in [1.29, 1.82) is 0 Å². The van der Waals surface area contributed by atoms with Gasteiger partial charge in [0.15, 0.2) is 11.5 Å². The Labute approximate surface area is 160 Å². The van der Waals surface area contributed by atoms with Crippen molar-refractivity contribution < 1.29 is 27.4 Å². The summed E-state index contributed by atoms with van der Waals surface area (Å²) < 4.78 is 43.7. The Balaban J connectivity index is 2.55. The molecular formula is C17H18BrNO6S. The largest absolute Gasteiger partial charge is 0.493 e. The zero-order valence-electron chi connectivity index (χ0n) is 14.6. The Bertz CT molecular complexity index is 943. The topological polar surface area (TPSA) is 90.9 Å². The first-order valence-electron chi connectivity index (χ1n) is 7.36. The number of hydrogen-bond donors (Lipinski definition) is 1. The van der Waals surface area contributed by atoms with Crippen molar-refractivity contribution in [3.63, 3.8) is 0 Å². The van der Waals surface area contributed by atoms with Crippen LogP contribution in [0.1, 0.15) is 15.9 Å². The van der Waals surface area contributed by atoms with Crippen LogP contribution in [-0.2, 0) is 14.8 Å². The second kappa shape index (κ2) is 7.96. The van der Waals surface area contributed by atoms with E-state index < -0.39 is 16.0 Å². The van der Waals surface area contributed by atoms with E-state index in [0.29, 0.717) is 0 Å². The molecule has 26 heavy (non-hydrogen) atoms. The lowest BCUT2D eigenvalue weighted by Gasteiger charge is -2.15. The molecule has 1 N–H and O–H groups in total. The number of aryl methyl sites for hydroxylation is 1. The summed E-state index contributed by atoms with van der Waals surface area (Å²) in [6.07, 6.45) is 0. The molecule has 0 unspecified atom stereocenters. The molecule has 0 radical (unpaired) electrons. The van der Waals surface area contributed by atoms with Crippen LogP contribution < -0.4 is 14.2 Å². The first-order chi connectivity index (χ1) is 12.2. The maximum absolute atomic E-state index is 12.7. The summed E-state index contributed by atoms with van der Waals surface area (Å²) in [6.45, 7) is 1.78. The fraction of sp³-hybridized carbons (Fsp3) is 0.235. The van der Waals surface area contributed by atoms with Crippen molar-refractivity contribution in [2.24, 2.45) is 0 Å². The molecule has 0 fully saturated rings. The predicted octanol–water partition coefficient (Wildman–Crippen LogP) is 3.36. The van der Waals surface area contributed by atoms with Crippen molar-refractivity contribution in [2.75, 3.05) is 26.1 Å². The SMILES string of the molecule is COC(=O)c1cc(OC)c(OC)cc1NS(=O)(=O)c1ccc(Br)c(C)c1. The van der Waals surface area contributed by atoms with Gasteiger partial charge < -0.3 is 14.2 Å². The van der Waals surface area contributed by atoms with Gasteiger partial charge in [0, 0.05) is 16.6 Å². The molecule has 2 aromatic carbocycles. The lowest BCUT2D eigenvalue weighted by Crippen LogP contribution is -2.16. The number of carbonyl (C=O) groups excluding carboxylic acids is 1. The number of rotatable bonds is 6. The maximum Gasteiger partial charge on any atom is 0.340 e. The number of methoxy groups -OCH3 is 3. The van der Waals surface area contributed by atoms with E-state index in [2.05, 4.69) is 20.7 Å². The summed E-state index contributed by atoms with van der Waals surface area (Å²) in [5.74, 6) is -0.171. The van der Waals surface area contributed by atoms with E-state index in [1.165, 1.54) is 45.6 Å². The van der Waals surface area contributed by atoms with E-state index in [4.69, 9.17) is 14.2 Å². The fourth-order valence-electron chi connectivity index (χ4n) is 2.23. The van der Waals surface area contributed by atoms with Crippen LogP contribution >= 0.6 is 15.9 Å². The molecule has 0 atom stereocenters. The molecule has 0 aliphatic heterocycles. The molecule has 0 saturated heterocycles. The normalized spacial score (nSPS) is 11.0. The van der Waals surface area contributed by atoms with Crippen LogP contribution in [0.2, 0.25) is 0 Å². The Morgan fingerprint density at radius 1 is 1.04 bits per heavy atom. The monoisotopic (exact) mass is 443 g/mol. The Hall–Kier alpha value is -2.26. The number of halogens is 1. The first-order valence-corrected chi connectivity index (χ1v) is 9.64. The lowest BCUT2D eigenvalue weighted by molar-refractivity contribution is 0.0601. The van der Waals surface area contributed by atoms with Gasteiger partial charge in [0.05, 0.1) is 37.5 Å². The minimum absolute atomic E-state index is 0.00237. The standard InChI is InChI=1S/C17H18BrNO6S/c1-10-7-11(5-6-13(10)18)26(21,22)19-14-9-16(24-3)15(23-2)8-12(14)17(20)25-4/h5-9,19H,1-4H3. The van der Waals surface area contributed by atoms with Crippen molar-refractivity contribution in [3.05, 3.63) is 45.9 Å². The molecule has 0 spiro atoms. The molecule has 9 heteroatoms. The van der Waals surface area contributed by atoms with Gasteiger partial charge in [0.1, 0.15) is 0 Å². The number of anilines is 1. The molecule has 0 aromatic heterocycles. The molecule has 2 rings (SSSR count). The number of nitrogens with one attached hydrogen (secondary N) is 1. The zero-order valence-corrected chi connectivity index (χ0v) is 17.0. The first kappa shape index (κ1) is 20.1. The van der Waals surface area contributed by atoms with Gasteiger partial charge >= 0.3 is 5.97 Å². The highest BCUT2D eigenvalue weighted by Crippen LogP contribution is 2.35. The molecule has 0 bridgehead atoms. The van der Waals surface area contributed by atoms with Gasteiger partial charge in [0.25, 0.3) is 10.0 Å². The molecular weight excluding hydrogens is 426 g/mol. The summed E-state index contributed by atoms with van der Waals surface area (Å²) in [6, 6.07) is 7.34. The number of esters is 1. The lowest BCUT2D eigenvalue weighted by atomic mass is 10.1. The summed E-state index contributed by atoms with van der Waals surface area (Å²) in [7, 11) is 0.0863. The number of benzene rings is 2. The molecule has 0 saturated carbocycles. The molecule has 0 aliphatic rings. The van der Waals surface area contributed by atoms with Gasteiger partial charge in [-0.2, -0.15) is 0 Å². The minimum atomic E-state index is -3.94. The van der Waals surface area contributed by atoms with E-state index in [1.54, 1.807) is 13.0 Å². The third-order valence-electron chi connectivity index (χ3n) is 3.61. The van der Waals surface area contributed by atoms with Crippen molar-refractivity contribution >= 4 is 37.6 Å². The molecule has 0 heterocycles. The van der Waals surface area contributed by atoms with Gasteiger partial charge in [0.2, 0.25) is 0 Å². The van der Waals surface area contributed by atoms with Crippen LogP contribution in [0.15, 0.2) is 39.7 Å². The number of hydrogen-bond acceptors (Lipinski definition) is 6. The third kappa shape index (κ3) is 4.10. The smallest absolute Gasteiger partial charge is 0.340 e. The quantitative estimate of drug-likeness (QED) is 0.688. The van der Waals surface area contributed by atoms with Gasteiger partial charge in [-0.1, -0.05) is 15.9 Å². The van der Waals surface area contributed by atoms with Crippen LogP contribution in [0.25, 0.3) is 0 Å². The summed E-state index contributed by atoms with van der Waals surface area (Å²) in [5.41, 5.74) is 0.783. The highest BCUT2D eigenvalue weighted by molar-refractivity contribution is 9.10. The highest BCUT2D eigenvalue weighted by Gasteiger charge is 2.22. The molecule has 0 aliphatic carbocycles. The minimum Gasteiger partial charge on any atom is -0.493 e. The molecule has 7 nitrogen and oxygen atoms in total. The van der Waals surface area contributed by atoms with Crippen molar-refractivity contribution in [2.45, 2.75) is 11.8 Å². The van der Waals surface area contributed by atoms with E-state index >= 15 is 0 Å². The van der Waals surface area contributed by atoms with Crippen molar-refractivity contribution in [1.82, 2.24) is 0 Å². The predicted molar refractivity (Wildman–Crippen MR) is 101 cm³/mol. The van der Waals surface area contributed by atoms with Crippen LogP contribution in [0.5, 0.6) is 11.5 Å². The Morgan fingerprint density at radius 2 is 1.65 bits per heavy atom. The van der Waals surface area contributed by atoms with Gasteiger partial charge in [-0.25, -0.2) is 13.2 Å². The van der Waals surface area contributed by atoms with Crippen LogP contribution in [0.4, 0.5) is 5.69 Å². The number of carbonyl (C=O) groups is 1. The second-order valence-electron chi connectivity index (χ2n) is 5.26. The summed E-state index contributed by atoms with van der Waals surface area (Å²) in [5, 5.41) is 0. The second-order valence-corrected chi connectivity index (χ2v) is 7.80.